The van der Waals surface area contributed by atoms with Crippen LogP contribution in [0.25, 0.3) is 11.3 Å². The topological polar surface area (TPSA) is 67.6 Å². The van der Waals surface area contributed by atoms with Crippen LogP contribution in [0.5, 0.6) is 5.75 Å². The number of hydrogen-bond acceptors (Lipinski definition) is 5. The highest BCUT2D eigenvalue weighted by atomic mass is 16.5. The molecule has 1 N–H and O–H groups in total. The highest BCUT2D eigenvalue weighted by molar-refractivity contribution is 5.94. The summed E-state index contributed by atoms with van der Waals surface area (Å²) in [6.07, 6.45) is 3.04. The number of hydrogen-bond donors (Lipinski definition) is 1. The Labute approximate surface area is 171 Å². The molecule has 0 saturated carbocycles. The zero-order valence-electron chi connectivity index (χ0n) is 17.1. The standard InChI is InChI=1S/C23H27N3O3/c1-4-26(5-2)21(19-7-6-8-20(13-19)28-3)14-25-23(27)18-11-9-17(10-12-18)22-15-24-16-29-22/h6-13,15-16,21H,4-5,14H2,1-3H3,(H,25,27). The van der Waals surface area contributed by atoms with Crippen molar-refractivity contribution in [3.05, 3.63) is 72.2 Å². The molecule has 1 atom stereocenters. The van der Waals surface area contributed by atoms with Crippen molar-refractivity contribution in [1.29, 1.82) is 0 Å². The number of ether oxygens (including phenoxy) is 1. The molecule has 6 nitrogen and oxygen atoms in total. The van der Waals surface area contributed by atoms with Crippen molar-refractivity contribution in [2.75, 3.05) is 26.7 Å². The Hall–Kier alpha value is -3.12. The quantitative estimate of drug-likeness (QED) is 0.591. The summed E-state index contributed by atoms with van der Waals surface area (Å²) < 4.78 is 10.7. The van der Waals surface area contributed by atoms with Crippen molar-refractivity contribution in [3.63, 3.8) is 0 Å². The monoisotopic (exact) mass is 393 g/mol. The number of likely N-dealkylation sites (N-methyl/N-ethyl adjacent to an activating group) is 1. The molecule has 0 bridgehead atoms. The third kappa shape index (κ3) is 5.03. The third-order valence-electron chi connectivity index (χ3n) is 5.05. The molecule has 3 rings (SSSR count). The number of carbonyl (C=O) groups excluding carboxylic acids is 1. The molecule has 1 aromatic heterocycles. The smallest absolute Gasteiger partial charge is 0.251 e. The van der Waals surface area contributed by atoms with Gasteiger partial charge in [-0.3, -0.25) is 9.69 Å². The van der Waals surface area contributed by atoms with Gasteiger partial charge in [0.15, 0.2) is 12.2 Å². The first kappa shape index (κ1) is 20.6. The normalized spacial score (nSPS) is 12.0. The molecule has 0 aliphatic carbocycles. The van der Waals surface area contributed by atoms with Crippen LogP contribution in [0.4, 0.5) is 0 Å². The second kappa shape index (κ2) is 9.89. The molecule has 6 heteroatoms. The molecular formula is C23H27N3O3. The Morgan fingerprint density at radius 1 is 1.17 bits per heavy atom. The number of benzene rings is 2. The van der Waals surface area contributed by atoms with E-state index >= 15 is 0 Å². The number of methoxy groups -OCH3 is 1. The Bertz CT molecular complexity index is 903. The van der Waals surface area contributed by atoms with Crippen LogP contribution in [0.3, 0.4) is 0 Å². The van der Waals surface area contributed by atoms with Crippen molar-refractivity contribution >= 4 is 5.91 Å². The minimum absolute atomic E-state index is 0.0671. The van der Waals surface area contributed by atoms with Gasteiger partial charge < -0.3 is 14.5 Å². The number of rotatable bonds is 9. The summed E-state index contributed by atoms with van der Waals surface area (Å²) in [6, 6.07) is 15.4. The van der Waals surface area contributed by atoms with Gasteiger partial charge in [0.25, 0.3) is 5.91 Å². The van der Waals surface area contributed by atoms with Crippen LogP contribution in [-0.2, 0) is 0 Å². The zero-order chi connectivity index (χ0) is 20.6. The summed E-state index contributed by atoms with van der Waals surface area (Å²) in [4.78, 5) is 19.0. The van der Waals surface area contributed by atoms with E-state index in [1.807, 2.05) is 30.3 Å². The minimum Gasteiger partial charge on any atom is -0.497 e. The first-order valence-corrected chi connectivity index (χ1v) is 9.81. The Morgan fingerprint density at radius 3 is 2.55 bits per heavy atom. The largest absolute Gasteiger partial charge is 0.497 e. The lowest BCUT2D eigenvalue weighted by Gasteiger charge is -2.30. The van der Waals surface area contributed by atoms with Crippen molar-refractivity contribution < 1.29 is 13.9 Å². The van der Waals surface area contributed by atoms with Gasteiger partial charge in [-0.25, -0.2) is 4.98 Å². The Balaban J connectivity index is 1.72. The molecule has 0 fully saturated rings. The van der Waals surface area contributed by atoms with Crippen molar-refractivity contribution in [2.45, 2.75) is 19.9 Å². The van der Waals surface area contributed by atoms with Crippen LogP contribution >= 0.6 is 0 Å². The Morgan fingerprint density at radius 2 is 1.93 bits per heavy atom. The van der Waals surface area contributed by atoms with Crippen LogP contribution in [-0.4, -0.2) is 42.5 Å². The van der Waals surface area contributed by atoms with Gasteiger partial charge in [0.2, 0.25) is 0 Å². The maximum Gasteiger partial charge on any atom is 0.251 e. The number of amides is 1. The molecule has 0 aliphatic heterocycles. The van der Waals surface area contributed by atoms with Gasteiger partial charge in [0.05, 0.1) is 19.3 Å². The van der Waals surface area contributed by atoms with E-state index in [0.29, 0.717) is 17.9 Å². The van der Waals surface area contributed by atoms with E-state index in [9.17, 15) is 4.79 Å². The van der Waals surface area contributed by atoms with Gasteiger partial charge in [-0.1, -0.05) is 38.1 Å². The molecule has 0 spiro atoms. The van der Waals surface area contributed by atoms with Crippen molar-refractivity contribution in [3.8, 4) is 17.1 Å². The van der Waals surface area contributed by atoms with E-state index in [1.165, 1.54) is 6.39 Å². The van der Waals surface area contributed by atoms with E-state index in [4.69, 9.17) is 9.15 Å². The predicted molar refractivity (Wildman–Crippen MR) is 113 cm³/mol. The van der Waals surface area contributed by atoms with Gasteiger partial charge in [-0.2, -0.15) is 0 Å². The summed E-state index contributed by atoms with van der Waals surface area (Å²) in [6.45, 7) is 6.54. The fourth-order valence-corrected chi connectivity index (χ4v) is 3.41. The average Bonchev–Trinajstić information content (AvgIpc) is 3.31. The lowest BCUT2D eigenvalue weighted by Crippen LogP contribution is -2.38. The summed E-state index contributed by atoms with van der Waals surface area (Å²) >= 11 is 0. The molecule has 1 amide bonds. The van der Waals surface area contributed by atoms with Crippen LogP contribution in [0.1, 0.15) is 35.8 Å². The van der Waals surface area contributed by atoms with Gasteiger partial charge in [0, 0.05) is 17.7 Å². The van der Waals surface area contributed by atoms with Crippen molar-refractivity contribution in [2.24, 2.45) is 0 Å². The average molecular weight is 393 g/mol. The molecule has 3 aromatic rings. The Kier molecular flexibility index (Phi) is 7.03. The fourth-order valence-electron chi connectivity index (χ4n) is 3.41. The molecule has 29 heavy (non-hydrogen) atoms. The molecule has 1 heterocycles. The predicted octanol–water partition coefficient (Wildman–Crippen LogP) is 4.16. The van der Waals surface area contributed by atoms with Crippen LogP contribution in [0.15, 0.2) is 65.5 Å². The first-order chi connectivity index (χ1) is 14.2. The van der Waals surface area contributed by atoms with Gasteiger partial charge >= 0.3 is 0 Å². The molecule has 0 radical (unpaired) electrons. The van der Waals surface area contributed by atoms with E-state index in [1.54, 1.807) is 25.4 Å². The van der Waals surface area contributed by atoms with E-state index in [0.717, 1.165) is 30.0 Å². The summed E-state index contributed by atoms with van der Waals surface area (Å²) in [5, 5.41) is 3.08. The minimum atomic E-state index is -0.103. The summed E-state index contributed by atoms with van der Waals surface area (Å²) in [5.41, 5.74) is 2.61. The van der Waals surface area contributed by atoms with Crippen LogP contribution < -0.4 is 10.1 Å². The van der Waals surface area contributed by atoms with E-state index in [-0.39, 0.29) is 11.9 Å². The maximum absolute atomic E-state index is 12.7. The number of nitrogens with zero attached hydrogens (tertiary/aromatic N) is 2. The highest BCUT2D eigenvalue weighted by Crippen LogP contribution is 2.24. The second-order valence-corrected chi connectivity index (χ2v) is 6.67. The molecule has 1 unspecified atom stereocenters. The molecule has 152 valence electrons. The zero-order valence-corrected chi connectivity index (χ0v) is 17.1. The maximum atomic E-state index is 12.7. The van der Waals surface area contributed by atoms with Crippen LogP contribution in [0.2, 0.25) is 0 Å². The lowest BCUT2D eigenvalue weighted by molar-refractivity contribution is 0.0935. The molecular weight excluding hydrogens is 366 g/mol. The van der Waals surface area contributed by atoms with Crippen molar-refractivity contribution in [1.82, 2.24) is 15.2 Å². The highest BCUT2D eigenvalue weighted by Gasteiger charge is 2.20. The second-order valence-electron chi connectivity index (χ2n) is 6.67. The molecule has 0 saturated heterocycles. The summed E-state index contributed by atoms with van der Waals surface area (Å²) in [5.74, 6) is 1.39. The number of oxazole rings is 1. The first-order valence-electron chi connectivity index (χ1n) is 9.81. The number of carbonyl (C=O) groups is 1. The lowest BCUT2D eigenvalue weighted by atomic mass is 10.0. The van der Waals surface area contributed by atoms with Gasteiger partial charge in [-0.05, 0) is 42.9 Å². The van der Waals surface area contributed by atoms with Crippen LogP contribution in [0, 0.1) is 0 Å². The number of nitrogens with one attached hydrogen (secondary N) is 1. The summed E-state index contributed by atoms with van der Waals surface area (Å²) in [7, 11) is 1.66. The third-order valence-corrected chi connectivity index (χ3v) is 5.05. The van der Waals surface area contributed by atoms with Gasteiger partial charge in [0.1, 0.15) is 5.75 Å². The van der Waals surface area contributed by atoms with E-state index < -0.39 is 0 Å². The number of aromatic nitrogens is 1. The molecule has 2 aromatic carbocycles. The van der Waals surface area contributed by atoms with E-state index in [2.05, 4.69) is 35.1 Å². The molecule has 0 aliphatic rings. The fraction of sp³-hybridized carbons (Fsp3) is 0.304. The SMILES string of the molecule is CCN(CC)C(CNC(=O)c1ccc(-c2cnco2)cc1)c1cccc(OC)c1. The van der Waals surface area contributed by atoms with Gasteiger partial charge in [-0.15, -0.1) is 0 Å².